The Morgan fingerprint density at radius 3 is 2.89 bits per heavy atom. The number of fused-ring (bicyclic) bond motifs is 1. The Hall–Kier alpha value is -1.51. The number of rotatable bonds is 2. The van der Waals surface area contributed by atoms with Crippen LogP contribution in [0.2, 0.25) is 0 Å². The van der Waals surface area contributed by atoms with E-state index in [-0.39, 0.29) is 11.3 Å². The number of hydrogen-bond acceptors (Lipinski definition) is 2. The van der Waals surface area contributed by atoms with E-state index in [9.17, 15) is 4.79 Å². The van der Waals surface area contributed by atoms with Crippen LogP contribution in [0.15, 0.2) is 18.2 Å². The molecule has 1 amide bonds. The number of carbonyl (C=O) groups is 1. The van der Waals surface area contributed by atoms with Gasteiger partial charge in [-0.3, -0.25) is 4.79 Å². The van der Waals surface area contributed by atoms with Crippen molar-refractivity contribution >= 4 is 5.91 Å². The maximum atomic E-state index is 11.8. The summed E-state index contributed by atoms with van der Waals surface area (Å²) in [4.78, 5) is 11.8. The Labute approximate surface area is 109 Å². The van der Waals surface area contributed by atoms with Crippen LogP contribution < -0.4 is 10.1 Å². The quantitative estimate of drug-likeness (QED) is 0.872. The van der Waals surface area contributed by atoms with Crippen LogP contribution in [-0.4, -0.2) is 12.5 Å². The lowest BCUT2D eigenvalue weighted by Crippen LogP contribution is -2.34. The highest BCUT2D eigenvalue weighted by atomic mass is 16.5. The first kappa shape index (κ1) is 12.9. The summed E-state index contributed by atoms with van der Waals surface area (Å²) in [5.41, 5.74) is 2.05. The standard InChI is InChI=1S/C15H21NO2/c1-15(2,3)14(17)16-10-11-6-7-13-12(9-11)5-4-8-18-13/h6-7,9H,4-5,8,10H2,1-3H3,(H,16,17). The van der Waals surface area contributed by atoms with Crippen molar-refractivity contribution in [2.45, 2.75) is 40.2 Å². The van der Waals surface area contributed by atoms with Crippen LogP contribution in [0.25, 0.3) is 0 Å². The molecule has 0 atom stereocenters. The van der Waals surface area contributed by atoms with Gasteiger partial charge in [0.1, 0.15) is 5.75 Å². The van der Waals surface area contributed by atoms with Crippen LogP contribution in [0.5, 0.6) is 5.75 Å². The lowest BCUT2D eigenvalue weighted by molar-refractivity contribution is -0.128. The number of carbonyl (C=O) groups excluding carboxylic acids is 1. The second-order valence-electron chi connectivity index (χ2n) is 5.83. The lowest BCUT2D eigenvalue weighted by Gasteiger charge is -2.20. The zero-order chi connectivity index (χ0) is 13.2. The van der Waals surface area contributed by atoms with E-state index >= 15 is 0 Å². The van der Waals surface area contributed by atoms with Crippen molar-refractivity contribution in [1.82, 2.24) is 5.32 Å². The molecule has 0 unspecified atom stereocenters. The molecule has 0 spiro atoms. The van der Waals surface area contributed by atoms with E-state index in [4.69, 9.17) is 4.74 Å². The van der Waals surface area contributed by atoms with Crippen LogP contribution in [-0.2, 0) is 17.8 Å². The first-order valence-corrected chi connectivity index (χ1v) is 6.50. The summed E-state index contributed by atoms with van der Waals surface area (Å²) in [5, 5.41) is 2.97. The Kier molecular flexibility index (Phi) is 3.60. The third-order valence-electron chi connectivity index (χ3n) is 3.11. The fraction of sp³-hybridized carbons (Fsp3) is 0.533. The summed E-state index contributed by atoms with van der Waals surface area (Å²) >= 11 is 0. The minimum Gasteiger partial charge on any atom is -0.493 e. The van der Waals surface area contributed by atoms with Crippen molar-refractivity contribution < 1.29 is 9.53 Å². The summed E-state index contributed by atoms with van der Waals surface area (Å²) < 4.78 is 5.57. The molecule has 0 bridgehead atoms. The van der Waals surface area contributed by atoms with Crippen LogP contribution in [0.4, 0.5) is 0 Å². The van der Waals surface area contributed by atoms with Crippen molar-refractivity contribution in [2.75, 3.05) is 6.61 Å². The van der Waals surface area contributed by atoms with Crippen molar-refractivity contribution in [3.05, 3.63) is 29.3 Å². The molecule has 0 aliphatic carbocycles. The van der Waals surface area contributed by atoms with Crippen molar-refractivity contribution in [3.63, 3.8) is 0 Å². The number of ether oxygens (including phenoxy) is 1. The number of hydrogen-bond donors (Lipinski definition) is 1. The van der Waals surface area contributed by atoms with E-state index < -0.39 is 0 Å². The van der Waals surface area contributed by atoms with Crippen LogP contribution >= 0.6 is 0 Å². The topological polar surface area (TPSA) is 38.3 Å². The first-order chi connectivity index (χ1) is 8.47. The minimum absolute atomic E-state index is 0.0801. The van der Waals surface area contributed by atoms with Crippen LogP contribution in [0, 0.1) is 5.41 Å². The van der Waals surface area contributed by atoms with Gasteiger partial charge in [0.05, 0.1) is 6.61 Å². The number of aryl methyl sites for hydroxylation is 1. The Morgan fingerprint density at radius 2 is 2.17 bits per heavy atom. The van der Waals surface area contributed by atoms with Gasteiger partial charge < -0.3 is 10.1 Å². The molecule has 98 valence electrons. The molecule has 18 heavy (non-hydrogen) atoms. The maximum absolute atomic E-state index is 11.8. The molecule has 0 saturated carbocycles. The third kappa shape index (κ3) is 3.03. The van der Waals surface area contributed by atoms with Gasteiger partial charge in [0.2, 0.25) is 5.91 Å². The van der Waals surface area contributed by atoms with Gasteiger partial charge in [0, 0.05) is 12.0 Å². The highest BCUT2D eigenvalue weighted by Crippen LogP contribution is 2.25. The highest BCUT2D eigenvalue weighted by Gasteiger charge is 2.20. The average Bonchev–Trinajstić information content (AvgIpc) is 2.34. The van der Waals surface area contributed by atoms with Gasteiger partial charge in [-0.25, -0.2) is 0 Å². The highest BCUT2D eigenvalue weighted by molar-refractivity contribution is 5.81. The van der Waals surface area contributed by atoms with Crippen LogP contribution in [0.3, 0.4) is 0 Å². The summed E-state index contributed by atoms with van der Waals surface area (Å²) in [7, 11) is 0. The molecule has 0 fully saturated rings. The molecule has 0 radical (unpaired) electrons. The first-order valence-electron chi connectivity index (χ1n) is 6.50. The molecule has 3 nitrogen and oxygen atoms in total. The van der Waals surface area contributed by atoms with Gasteiger partial charge in [-0.2, -0.15) is 0 Å². The van der Waals surface area contributed by atoms with Crippen molar-refractivity contribution in [3.8, 4) is 5.75 Å². The SMILES string of the molecule is CC(C)(C)C(=O)NCc1ccc2c(c1)CCCO2. The number of nitrogens with one attached hydrogen (secondary N) is 1. The third-order valence-corrected chi connectivity index (χ3v) is 3.11. The zero-order valence-electron chi connectivity index (χ0n) is 11.4. The molecule has 3 heteroatoms. The van der Waals surface area contributed by atoms with Gasteiger partial charge in [0.25, 0.3) is 0 Å². The maximum Gasteiger partial charge on any atom is 0.225 e. The van der Waals surface area contributed by atoms with Gasteiger partial charge in [-0.1, -0.05) is 32.9 Å². The largest absolute Gasteiger partial charge is 0.493 e. The van der Waals surface area contributed by atoms with E-state index in [0.29, 0.717) is 6.54 Å². The molecule has 1 aromatic carbocycles. The zero-order valence-corrected chi connectivity index (χ0v) is 11.4. The molecule has 0 saturated heterocycles. The average molecular weight is 247 g/mol. The fourth-order valence-electron chi connectivity index (χ4n) is 1.97. The summed E-state index contributed by atoms with van der Waals surface area (Å²) in [6.45, 7) is 7.16. The second kappa shape index (κ2) is 5.01. The Bertz CT molecular complexity index is 446. The lowest BCUT2D eigenvalue weighted by atomic mass is 9.95. The van der Waals surface area contributed by atoms with Gasteiger partial charge in [-0.05, 0) is 30.0 Å². The predicted molar refractivity (Wildman–Crippen MR) is 71.6 cm³/mol. The molecule has 1 aromatic rings. The fourth-order valence-corrected chi connectivity index (χ4v) is 1.97. The van der Waals surface area contributed by atoms with E-state index in [1.54, 1.807) is 0 Å². The molecule has 0 aromatic heterocycles. The normalized spacial score (nSPS) is 14.6. The van der Waals surface area contributed by atoms with Crippen molar-refractivity contribution in [2.24, 2.45) is 5.41 Å². The van der Waals surface area contributed by atoms with Gasteiger partial charge >= 0.3 is 0 Å². The van der Waals surface area contributed by atoms with Gasteiger partial charge in [0.15, 0.2) is 0 Å². The summed E-state index contributed by atoms with van der Waals surface area (Å²) in [5.74, 6) is 1.07. The van der Waals surface area contributed by atoms with Gasteiger partial charge in [-0.15, -0.1) is 0 Å². The van der Waals surface area contributed by atoms with Crippen LogP contribution in [0.1, 0.15) is 38.3 Å². The van der Waals surface area contributed by atoms with E-state index in [1.165, 1.54) is 5.56 Å². The van der Waals surface area contributed by atoms with Crippen molar-refractivity contribution in [1.29, 1.82) is 0 Å². The molecular weight excluding hydrogens is 226 g/mol. The molecular formula is C15H21NO2. The Balaban J connectivity index is 2.00. The predicted octanol–water partition coefficient (Wildman–Crippen LogP) is 2.67. The minimum atomic E-state index is -0.336. The molecule has 1 heterocycles. The molecule has 1 aliphatic heterocycles. The monoisotopic (exact) mass is 247 g/mol. The van der Waals surface area contributed by atoms with E-state index in [1.807, 2.05) is 32.9 Å². The number of benzene rings is 1. The molecule has 1 aliphatic rings. The smallest absolute Gasteiger partial charge is 0.225 e. The summed E-state index contributed by atoms with van der Waals surface area (Å²) in [6, 6.07) is 6.16. The molecule has 2 rings (SSSR count). The van der Waals surface area contributed by atoms with E-state index in [2.05, 4.69) is 11.4 Å². The molecule has 1 N–H and O–H groups in total. The van der Waals surface area contributed by atoms with E-state index in [0.717, 1.165) is 30.8 Å². The second-order valence-corrected chi connectivity index (χ2v) is 5.83. The summed E-state index contributed by atoms with van der Waals surface area (Å²) in [6.07, 6.45) is 2.14. The number of amides is 1. The Morgan fingerprint density at radius 1 is 1.39 bits per heavy atom.